The highest BCUT2D eigenvalue weighted by atomic mass is 16.5. The summed E-state index contributed by atoms with van der Waals surface area (Å²) >= 11 is 0. The van der Waals surface area contributed by atoms with Crippen molar-refractivity contribution in [3.8, 4) is 0 Å². The van der Waals surface area contributed by atoms with Crippen LogP contribution in [0.2, 0.25) is 0 Å². The summed E-state index contributed by atoms with van der Waals surface area (Å²) in [6, 6.07) is 12.3. The van der Waals surface area contributed by atoms with E-state index in [1.54, 1.807) is 6.20 Å². The van der Waals surface area contributed by atoms with E-state index < -0.39 is 0 Å². The van der Waals surface area contributed by atoms with Crippen LogP contribution in [-0.4, -0.2) is 35.0 Å². The molecule has 1 fully saturated rings. The number of nitrogens with zero attached hydrogens (tertiary/aromatic N) is 2. The number of rotatable bonds is 4. The third-order valence-corrected chi connectivity index (χ3v) is 5.47. The molecule has 0 N–H and O–H groups in total. The minimum absolute atomic E-state index is 0.118. The fourth-order valence-electron chi connectivity index (χ4n) is 3.90. The van der Waals surface area contributed by atoms with Crippen LogP contribution in [0.3, 0.4) is 0 Å². The first kappa shape index (κ1) is 17.2. The predicted octanol–water partition coefficient (Wildman–Crippen LogP) is 3.78. The summed E-state index contributed by atoms with van der Waals surface area (Å²) in [5, 5.41) is 0. The van der Waals surface area contributed by atoms with Crippen LogP contribution >= 0.6 is 0 Å². The molecular formula is C22H26N2O2. The first-order valence-corrected chi connectivity index (χ1v) is 9.72. The SMILES string of the molecule is O=C(c1cnc2c(c1)CCCC2)N1CCC(OCc2ccccc2)CC1. The van der Waals surface area contributed by atoms with Crippen LogP contribution in [0.4, 0.5) is 0 Å². The van der Waals surface area contributed by atoms with Crippen LogP contribution in [-0.2, 0) is 24.2 Å². The monoisotopic (exact) mass is 350 g/mol. The van der Waals surface area contributed by atoms with Crippen LogP contribution in [0.1, 0.15) is 52.9 Å². The van der Waals surface area contributed by atoms with E-state index in [0.29, 0.717) is 6.61 Å². The van der Waals surface area contributed by atoms with Crippen LogP contribution in [0.15, 0.2) is 42.6 Å². The quantitative estimate of drug-likeness (QED) is 0.843. The molecule has 0 atom stereocenters. The zero-order valence-corrected chi connectivity index (χ0v) is 15.2. The molecule has 0 bridgehead atoms. The fourth-order valence-corrected chi connectivity index (χ4v) is 3.90. The zero-order chi connectivity index (χ0) is 17.8. The Morgan fingerprint density at radius 2 is 1.88 bits per heavy atom. The summed E-state index contributed by atoms with van der Waals surface area (Å²) in [4.78, 5) is 19.3. The Labute approximate surface area is 155 Å². The van der Waals surface area contributed by atoms with Crippen molar-refractivity contribution >= 4 is 5.91 Å². The molecule has 1 aromatic carbocycles. The van der Waals surface area contributed by atoms with Gasteiger partial charge < -0.3 is 9.64 Å². The summed E-state index contributed by atoms with van der Waals surface area (Å²) in [6.45, 7) is 2.17. The standard InChI is InChI=1S/C22H26N2O2/c25-22(19-14-18-8-4-5-9-21(18)23-15-19)24-12-10-20(11-13-24)26-16-17-6-2-1-3-7-17/h1-3,6-7,14-15,20H,4-5,8-13,16H2. The van der Waals surface area contributed by atoms with Crippen molar-refractivity contribution in [2.24, 2.45) is 0 Å². The molecule has 1 saturated heterocycles. The minimum Gasteiger partial charge on any atom is -0.373 e. The molecule has 0 radical (unpaired) electrons. The first-order chi connectivity index (χ1) is 12.8. The molecule has 2 heterocycles. The average molecular weight is 350 g/mol. The van der Waals surface area contributed by atoms with E-state index in [0.717, 1.165) is 44.3 Å². The van der Waals surface area contributed by atoms with Gasteiger partial charge in [-0.25, -0.2) is 0 Å². The number of likely N-dealkylation sites (tertiary alicyclic amines) is 1. The number of pyridine rings is 1. The smallest absolute Gasteiger partial charge is 0.255 e. The third kappa shape index (κ3) is 3.96. The topological polar surface area (TPSA) is 42.4 Å². The third-order valence-electron chi connectivity index (χ3n) is 5.47. The Morgan fingerprint density at radius 3 is 2.69 bits per heavy atom. The van der Waals surface area contributed by atoms with Crippen LogP contribution in [0.25, 0.3) is 0 Å². The van der Waals surface area contributed by atoms with Crippen molar-refractivity contribution < 1.29 is 9.53 Å². The Kier molecular flexibility index (Phi) is 5.30. The molecule has 2 aliphatic rings. The second-order valence-corrected chi connectivity index (χ2v) is 7.33. The van der Waals surface area contributed by atoms with Gasteiger partial charge in [0.15, 0.2) is 0 Å². The Hall–Kier alpha value is -2.20. The highest BCUT2D eigenvalue weighted by molar-refractivity contribution is 5.94. The largest absolute Gasteiger partial charge is 0.373 e. The van der Waals surface area contributed by atoms with Crippen molar-refractivity contribution in [3.63, 3.8) is 0 Å². The van der Waals surface area contributed by atoms with E-state index in [4.69, 9.17) is 4.74 Å². The normalized spacial score (nSPS) is 17.8. The molecule has 1 amide bonds. The maximum absolute atomic E-state index is 12.8. The van der Waals surface area contributed by atoms with Gasteiger partial charge in [-0.2, -0.15) is 0 Å². The lowest BCUT2D eigenvalue weighted by Gasteiger charge is -2.32. The molecule has 136 valence electrons. The molecule has 0 unspecified atom stereocenters. The summed E-state index contributed by atoms with van der Waals surface area (Å²) < 4.78 is 6.03. The number of amides is 1. The van der Waals surface area contributed by atoms with Gasteiger partial charge in [-0.15, -0.1) is 0 Å². The number of fused-ring (bicyclic) bond motifs is 1. The number of aromatic nitrogens is 1. The summed E-state index contributed by atoms with van der Waals surface area (Å²) in [5.74, 6) is 0.118. The number of ether oxygens (including phenoxy) is 1. The molecule has 1 aliphatic carbocycles. The number of benzene rings is 1. The highest BCUT2D eigenvalue weighted by Crippen LogP contribution is 2.22. The zero-order valence-electron chi connectivity index (χ0n) is 15.2. The van der Waals surface area contributed by atoms with Crippen LogP contribution in [0, 0.1) is 0 Å². The minimum atomic E-state index is 0.118. The van der Waals surface area contributed by atoms with E-state index in [-0.39, 0.29) is 12.0 Å². The van der Waals surface area contributed by atoms with E-state index in [2.05, 4.69) is 23.2 Å². The average Bonchev–Trinajstić information content (AvgIpc) is 2.72. The molecule has 1 aliphatic heterocycles. The van der Waals surface area contributed by atoms with Crippen LogP contribution < -0.4 is 0 Å². The van der Waals surface area contributed by atoms with Gasteiger partial charge in [-0.3, -0.25) is 9.78 Å². The van der Waals surface area contributed by atoms with Crippen LogP contribution in [0.5, 0.6) is 0 Å². The number of carbonyl (C=O) groups is 1. The van der Waals surface area contributed by atoms with E-state index in [1.165, 1.54) is 29.7 Å². The second kappa shape index (κ2) is 8.00. The Balaban J connectivity index is 1.31. The van der Waals surface area contributed by atoms with Gasteiger partial charge in [0.25, 0.3) is 5.91 Å². The maximum atomic E-state index is 12.8. The van der Waals surface area contributed by atoms with Crippen molar-refractivity contribution in [1.29, 1.82) is 0 Å². The lowest BCUT2D eigenvalue weighted by Crippen LogP contribution is -2.41. The molecular weight excluding hydrogens is 324 g/mol. The number of piperidine rings is 1. The Morgan fingerprint density at radius 1 is 1.12 bits per heavy atom. The van der Waals surface area contributed by atoms with Gasteiger partial charge >= 0.3 is 0 Å². The summed E-state index contributed by atoms with van der Waals surface area (Å²) in [6.07, 6.45) is 8.33. The number of hydrogen-bond donors (Lipinski definition) is 0. The van der Waals surface area contributed by atoms with Gasteiger partial charge in [0.05, 0.1) is 18.3 Å². The Bertz CT molecular complexity index is 752. The molecule has 2 aromatic rings. The lowest BCUT2D eigenvalue weighted by atomic mass is 9.95. The number of carbonyl (C=O) groups excluding carboxylic acids is 1. The molecule has 4 rings (SSSR count). The van der Waals surface area contributed by atoms with E-state index in [1.807, 2.05) is 23.1 Å². The summed E-state index contributed by atoms with van der Waals surface area (Å²) in [5.41, 5.74) is 4.39. The van der Waals surface area contributed by atoms with Crippen molar-refractivity contribution in [3.05, 3.63) is 65.0 Å². The number of aryl methyl sites for hydroxylation is 2. The van der Waals surface area contributed by atoms with Crippen molar-refractivity contribution in [2.45, 2.75) is 51.2 Å². The van der Waals surface area contributed by atoms with Gasteiger partial charge in [-0.1, -0.05) is 30.3 Å². The molecule has 0 saturated carbocycles. The molecule has 4 nitrogen and oxygen atoms in total. The molecule has 1 aromatic heterocycles. The van der Waals surface area contributed by atoms with E-state index >= 15 is 0 Å². The van der Waals surface area contributed by atoms with Crippen molar-refractivity contribution in [2.75, 3.05) is 13.1 Å². The number of hydrogen-bond acceptors (Lipinski definition) is 3. The highest BCUT2D eigenvalue weighted by Gasteiger charge is 2.25. The molecule has 4 heteroatoms. The lowest BCUT2D eigenvalue weighted by molar-refractivity contribution is -0.000391. The molecule has 26 heavy (non-hydrogen) atoms. The molecule has 0 spiro atoms. The maximum Gasteiger partial charge on any atom is 0.255 e. The first-order valence-electron chi connectivity index (χ1n) is 9.72. The van der Waals surface area contributed by atoms with Gasteiger partial charge in [0.2, 0.25) is 0 Å². The predicted molar refractivity (Wildman–Crippen MR) is 101 cm³/mol. The summed E-state index contributed by atoms with van der Waals surface area (Å²) in [7, 11) is 0. The van der Waals surface area contributed by atoms with Crippen molar-refractivity contribution in [1.82, 2.24) is 9.88 Å². The second-order valence-electron chi connectivity index (χ2n) is 7.33. The fraction of sp³-hybridized carbons (Fsp3) is 0.455. The van der Waals surface area contributed by atoms with Gasteiger partial charge in [0, 0.05) is 25.0 Å². The van der Waals surface area contributed by atoms with Gasteiger partial charge in [-0.05, 0) is 55.7 Å². The van der Waals surface area contributed by atoms with Gasteiger partial charge in [0.1, 0.15) is 0 Å². The van der Waals surface area contributed by atoms with E-state index in [9.17, 15) is 4.79 Å².